The fraction of sp³-hybridized carbons (Fsp3) is 0.111. The second kappa shape index (κ2) is 11.1. The van der Waals surface area contributed by atoms with Gasteiger partial charge in [-0.05, 0) is 47.9 Å². The zero-order valence-electron chi connectivity index (χ0n) is 19.8. The molecule has 0 spiro atoms. The van der Waals surface area contributed by atoms with Crippen LogP contribution in [0.25, 0.3) is 11.1 Å². The van der Waals surface area contributed by atoms with E-state index in [2.05, 4.69) is 35.2 Å². The Labute approximate surface area is 212 Å². The van der Waals surface area contributed by atoms with E-state index in [0.29, 0.717) is 5.56 Å². The highest BCUT2D eigenvalue weighted by molar-refractivity contribution is 6.01. The Balaban J connectivity index is 1.42. The predicted octanol–water partition coefficient (Wildman–Crippen LogP) is 5.20. The van der Waals surface area contributed by atoms with Crippen LogP contribution in [-0.4, -0.2) is 21.8 Å². The maximum absolute atomic E-state index is 12.7. The van der Waals surface area contributed by atoms with Crippen molar-refractivity contribution in [3.8, 4) is 16.9 Å². The second-order valence-electron chi connectivity index (χ2n) is 8.13. The van der Waals surface area contributed by atoms with Gasteiger partial charge in [-0.25, -0.2) is 0 Å². The smallest absolute Gasteiger partial charge is 0.311 e. The van der Waals surface area contributed by atoms with Crippen LogP contribution in [0.1, 0.15) is 45.9 Å². The van der Waals surface area contributed by atoms with Crippen LogP contribution < -0.4 is 16.2 Å². The molecular weight excluding hydrogens is 476 g/mol. The van der Waals surface area contributed by atoms with E-state index in [0.717, 1.165) is 29.8 Å². The number of aromatic hydroxyl groups is 1. The molecule has 0 aliphatic rings. The van der Waals surface area contributed by atoms with Gasteiger partial charge in [0.25, 0.3) is 5.91 Å². The van der Waals surface area contributed by atoms with Crippen LogP contribution >= 0.6 is 0 Å². The van der Waals surface area contributed by atoms with Crippen LogP contribution in [0.15, 0.2) is 89.5 Å². The molecule has 0 aliphatic heterocycles. The summed E-state index contributed by atoms with van der Waals surface area (Å²) in [6, 6.07) is 22.6. The SMILES string of the molecule is CCC(Nc1ccc(-c2ccoc2C(=O)NNC(=O)c2ccc(O)c([N+](=O)[O-])c2)cc1)c1ccccc1. The van der Waals surface area contributed by atoms with Gasteiger partial charge in [0.1, 0.15) is 0 Å². The molecule has 1 aromatic heterocycles. The van der Waals surface area contributed by atoms with Gasteiger partial charge in [-0.1, -0.05) is 49.4 Å². The fourth-order valence-corrected chi connectivity index (χ4v) is 3.82. The number of hydrogen-bond acceptors (Lipinski definition) is 7. The Morgan fingerprint density at radius 2 is 1.68 bits per heavy atom. The van der Waals surface area contributed by atoms with Gasteiger partial charge in [0.05, 0.1) is 17.2 Å². The van der Waals surface area contributed by atoms with Gasteiger partial charge in [0, 0.05) is 22.9 Å². The minimum atomic E-state index is -0.815. The average molecular weight is 501 g/mol. The minimum absolute atomic E-state index is 0.0200. The molecule has 0 radical (unpaired) electrons. The number of nitro benzene ring substituents is 1. The maximum atomic E-state index is 12.7. The van der Waals surface area contributed by atoms with Crippen molar-refractivity contribution in [1.29, 1.82) is 0 Å². The van der Waals surface area contributed by atoms with Crippen LogP contribution in [-0.2, 0) is 0 Å². The third-order valence-electron chi connectivity index (χ3n) is 5.74. The average Bonchev–Trinajstić information content (AvgIpc) is 3.41. The van der Waals surface area contributed by atoms with Gasteiger partial charge in [-0.2, -0.15) is 0 Å². The molecule has 4 rings (SSSR count). The maximum Gasteiger partial charge on any atom is 0.311 e. The molecule has 0 saturated heterocycles. The third-order valence-corrected chi connectivity index (χ3v) is 5.74. The molecule has 4 N–H and O–H groups in total. The van der Waals surface area contributed by atoms with E-state index in [4.69, 9.17) is 4.42 Å². The fourth-order valence-electron chi connectivity index (χ4n) is 3.82. The van der Waals surface area contributed by atoms with Crippen molar-refractivity contribution >= 4 is 23.2 Å². The van der Waals surface area contributed by atoms with Crippen molar-refractivity contribution < 1.29 is 24.0 Å². The normalized spacial score (nSPS) is 11.4. The summed E-state index contributed by atoms with van der Waals surface area (Å²) in [7, 11) is 0. The van der Waals surface area contributed by atoms with Crippen LogP contribution in [0.2, 0.25) is 0 Å². The quantitative estimate of drug-likeness (QED) is 0.192. The zero-order valence-corrected chi connectivity index (χ0v) is 19.8. The van der Waals surface area contributed by atoms with Gasteiger partial charge >= 0.3 is 11.6 Å². The van der Waals surface area contributed by atoms with Gasteiger partial charge in [0.15, 0.2) is 5.75 Å². The lowest BCUT2D eigenvalue weighted by Gasteiger charge is -2.19. The Kier molecular flexibility index (Phi) is 7.48. The molecule has 188 valence electrons. The van der Waals surface area contributed by atoms with Crippen molar-refractivity contribution in [2.45, 2.75) is 19.4 Å². The van der Waals surface area contributed by atoms with Crippen LogP contribution in [0, 0.1) is 10.1 Å². The summed E-state index contributed by atoms with van der Waals surface area (Å²) < 4.78 is 5.35. The summed E-state index contributed by atoms with van der Waals surface area (Å²) >= 11 is 0. The van der Waals surface area contributed by atoms with E-state index in [9.17, 15) is 24.8 Å². The highest BCUT2D eigenvalue weighted by atomic mass is 16.6. The molecule has 37 heavy (non-hydrogen) atoms. The van der Waals surface area contributed by atoms with Crippen molar-refractivity contribution in [2.24, 2.45) is 0 Å². The van der Waals surface area contributed by atoms with E-state index < -0.39 is 28.2 Å². The summed E-state index contributed by atoms with van der Waals surface area (Å²) in [5.74, 6) is -2.10. The number of phenolic OH excluding ortho intramolecular Hbond substituents is 1. The molecule has 10 heteroatoms. The monoisotopic (exact) mass is 500 g/mol. The molecule has 1 atom stereocenters. The Morgan fingerprint density at radius 3 is 2.35 bits per heavy atom. The molecule has 4 aromatic rings. The second-order valence-corrected chi connectivity index (χ2v) is 8.13. The number of nitrogens with zero attached hydrogens (tertiary/aromatic N) is 1. The number of carbonyl (C=O) groups excluding carboxylic acids is 2. The van der Waals surface area contributed by atoms with Crippen molar-refractivity contribution in [1.82, 2.24) is 10.9 Å². The van der Waals surface area contributed by atoms with Crippen molar-refractivity contribution in [3.63, 3.8) is 0 Å². The number of anilines is 1. The summed E-state index contributed by atoms with van der Waals surface area (Å²) in [6.07, 6.45) is 2.27. The van der Waals surface area contributed by atoms with Gasteiger partial charge in [-0.3, -0.25) is 30.6 Å². The van der Waals surface area contributed by atoms with Crippen LogP contribution in [0.3, 0.4) is 0 Å². The van der Waals surface area contributed by atoms with E-state index in [1.165, 1.54) is 17.9 Å². The molecule has 1 heterocycles. The Morgan fingerprint density at radius 1 is 0.973 bits per heavy atom. The van der Waals surface area contributed by atoms with E-state index in [1.807, 2.05) is 42.5 Å². The number of amides is 2. The Bertz CT molecular complexity index is 1420. The molecule has 1 unspecified atom stereocenters. The minimum Gasteiger partial charge on any atom is -0.502 e. The number of hydrogen-bond donors (Lipinski definition) is 4. The first-order valence-corrected chi connectivity index (χ1v) is 11.4. The molecule has 0 fully saturated rings. The number of nitro groups is 1. The first-order valence-electron chi connectivity index (χ1n) is 11.4. The number of hydrazine groups is 1. The van der Waals surface area contributed by atoms with E-state index in [-0.39, 0.29) is 17.4 Å². The van der Waals surface area contributed by atoms with Crippen molar-refractivity contribution in [2.75, 3.05) is 5.32 Å². The topological polar surface area (TPSA) is 147 Å². The highest BCUT2D eigenvalue weighted by Crippen LogP contribution is 2.29. The predicted molar refractivity (Wildman–Crippen MR) is 137 cm³/mol. The summed E-state index contributed by atoms with van der Waals surface area (Å²) in [6.45, 7) is 2.11. The standard InChI is InChI=1S/C27H24N4O6/c1-2-22(18-6-4-3-5-7-18)28-20-11-8-17(9-12-20)21-14-15-37-25(21)27(34)30-29-26(33)19-10-13-24(32)23(16-19)31(35)36/h3-16,22,28,32H,2H2,1H3,(H,29,33)(H,30,34). The number of benzene rings is 3. The summed E-state index contributed by atoms with van der Waals surface area (Å²) in [5.41, 5.74) is 7.05. The Hall–Kier alpha value is -5.12. The van der Waals surface area contributed by atoms with Crippen LogP contribution in [0.4, 0.5) is 11.4 Å². The first-order chi connectivity index (χ1) is 17.9. The number of rotatable bonds is 8. The third kappa shape index (κ3) is 5.76. The van der Waals surface area contributed by atoms with E-state index >= 15 is 0 Å². The molecule has 2 amide bonds. The largest absolute Gasteiger partial charge is 0.502 e. The molecular formula is C27H24N4O6. The number of carbonyl (C=O) groups is 2. The summed E-state index contributed by atoms with van der Waals surface area (Å²) in [4.78, 5) is 35.2. The molecule has 3 aromatic carbocycles. The number of phenols is 1. The lowest BCUT2D eigenvalue weighted by atomic mass is 10.0. The zero-order chi connectivity index (χ0) is 26.4. The summed E-state index contributed by atoms with van der Waals surface area (Å²) in [5, 5.41) is 24.0. The van der Waals surface area contributed by atoms with Gasteiger partial charge in [-0.15, -0.1) is 0 Å². The van der Waals surface area contributed by atoms with Gasteiger partial charge < -0.3 is 14.8 Å². The van der Waals surface area contributed by atoms with E-state index in [1.54, 1.807) is 6.07 Å². The highest BCUT2D eigenvalue weighted by Gasteiger charge is 2.20. The molecule has 0 saturated carbocycles. The first kappa shape index (κ1) is 25.0. The van der Waals surface area contributed by atoms with Gasteiger partial charge in [0.2, 0.25) is 5.76 Å². The van der Waals surface area contributed by atoms with Crippen LogP contribution in [0.5, 0.6) is 5.75 Å². The molecule has 0 bridgehead atoms. The molecule has 0 aliphatic carbocycles. The lowest BCUT2D eigenvalue weighted by Crippen LogP contribution is -2.41. The number of furan rings is 1. The lowest BCUT2D eigenvalue weighted by molar-refractivity contribution is -0.385. The number of nitrogens with one attached hydrogen (secondary N) is 3. The van der Waals surface area contributed by atoms with Crippen molar-refractivity contribution in [3.05, 3.63) is 112 Å². The molecule has 10 nitrogen and oxygen atoms in total.